The van der Waals surface area contributed by atoms with Gasteiger partial charge in [-0.3, -0.25) is 4.79 Å². The number of carbonyl (C=O) groups excluding carboxylic acids is 1. The number of fused-ring (bicyclic) bond motifs is 1. The summed E-state index contributed by atoms with van der Waals surface area (Å²) in [6, 6.07) is 0. The zero-order valence-corrected chi connectivity index (χ0v) is 12.9. The molecule has 2 unspecified atom stereocenters. The van der Waals surface area contributed by atoms with Gasteiger partial charge in [0.05, 0.1) is 11.6 Å². The molecule has 1 fully saturated rings. The second-order valence-electron chi connectivity index (χ2n) is 5.97. The van der Waals surface area contributed by atoms with Crippen molar-refractivity contribution in [3.05, 3.63) is 10.6 Å². The molecule has 0 spiro atoms. The molecule has 2 aliphatic rings. The fraction of sp³-hybridized carbons (Fsp3) is 0.733. The SMILES string of the molecule is CCCC1CCc2nc(NC(=O)C3CCNC3)sc2C1. The van der Waals surface area contributed by atoms with E-state index in [1.807, 2.05) is 0 Å². The molecule has 2 N–H and O–H groups in total. The number of aryl methyl sites for hydroxylation is 1. The van der Waals surface area contributed by atoms with Gasteiger partial charge in [0.1, 0.15) is 0 Å². The summed E-state index contributed by atoms with van der Waals surface area (Å²) in [5.41, 5.74) is 1.22. The number of carbonyl (C=O) groups is 1. The van der Waals surface area contributed by atoms with Crippen molar-refractivity contribution in [1.82, 2.24) is 10.3 Å². The molecule has 1 aliphatic carbocycles. The number of anilines is 1. The summed E-state index contributed by atoms with van der Waals surface area (Å²) >= 11 is 1.69. The minimum absolute atomic E-state index is 0.115. The summed E-state index contributed by atoms with van der Waals surface area (Å²) in [5.74, 6) is 1.06. The highest BCUT2D eigenvalue weighted by Gasteiger charge is 2.25. The van der Waals surface area contributed by atoms with Crippen molar-refractivity contribution in [2.45, 2.75) is 45.4 Å². The largest absolute Gasteiger partial charge is 0.316 e. The van der Waals surface area contributed by atoms with E-state index in [9.17, 15) is 4.79 Å². The van der Waals surface area contributed by atoms with E-state index < -0.39 is 0 Å². The maximum Gasteiger partial charge on any atom is 0.230 e. The van der Waals surface area contributed by atoms with Crippen molar-refractivity contribution in [3.8, 4) is 0 Å². The van der Waals surface area contributed by atoms with Gasteiger partial charge in [-0.2, -0.15) is 0 Å². The predicted octanol–water partition coefficient (Wildman–Crippen LogP) is 2.60. The van der Waals surface area contributed by atoms with Crippen molar-refractivity contribution in [2.24, 2.45) is 11.8 Å². The minimum atomic E-state index is 0.115. The normalized spacial score (nSPS) is 25.4. The molecule has 2 heterocycles. The lowest BCUT2D eigenvalue weighted by Gasteiger charge is -2.19. The van der Waals surface area contributed by atoms with E-state index in [1.54, 1.807) is 11.3 Å². The highest BCUT2D eigenvalue weighted by Crippen LogP contribution is 2.34. The van der Waals surface area contributed by atoms with Crippen LogP contribution in [0, 0.1) is 11.8 Å². The van der Waals surface area contributed by atoms with Gasteiger partial charge in [0.25, 0.3) is 0 Å². The number of thiazole rings is 1. The summed E-state index contributed by atoms with van der Waals surface area (Å²) in [4.78, 5) is 18.1. The smallest absolute Gasteiger partial charge is 0.230 e. The number of rotatable bonds is 4. The van der Waals surface area contributed by atoms with Crippen LogP contribution in [0.3, 0.4) is 0 Å². The average molecular weight is 293 g/mol. The van der Waals surface area contributed by atoms with E-state index in [2.05, 4.69) is 22.5 Å². The van der Waals surface area contributed by atoms with Crippen molar-refractivity contribution in [3.63, 3.8) is 0 Å². The van der Waals surface area contributed by atoms with Gasteiger partial charge in [-0.1, -0.05) is 19.8 Å². The molecule has 0 radical (unpaired) electrons. The van der Waals surface area contributed by atoms with E-state index in [0.717, 1.165) is 43.4 Å². The Kier molecular flexibility index (Phi) is 4.36. The molecule has 1 aromatic heterocycles. The Balaban J connectivity index is 1.63. The van der Waals surface area contributed by atoms with Gasteiger partial charge in [0.2, 0.25) is 5.91 Å². The third-order valence-corrected chi connectivity index (χ3v) is 5.44. The first-order valence-electron chi connectivity index (χ1n) is 7.76. The Morgan fingerprint density at radius 3 is 3.15 bits per heavy atom. The number of aromatic nitrogens is 1. The summed E-state index contributed by atoms with van der Waals surface area (Å²) in [6.45, 7) is 4.00. The fourth-order valence-electron chi connectivity index (χ4n) is 3.24. The molecule has 4 nitrogen and oxygen atoms in total. The van der Waals surface area contributed by atoms with Crippen molar-refractivity contribution >= 4 is 22.4 Å². The van der Waals surface area contributed by atoms with Crippen LogP contribution in [0.15, 0.2) is 0 Å². The number of amides is 1. The van der Waals surface area contributed by atoms with Gasteiger partial charge in [0.15, 0.2) is 5.13 Å². The van der Waals surface area contributed by atoms with E-state index >= 15 is 0 Å². The molecule has 1 aliphatic heterocycles. The molecule has 0 saturated carbocycles. The Labute approximate surface area is 124 Å². The van der Waals surface area contributed by atoms with Crippen molar-refractivity contribution in [2.75, 3.05) is 18.4 Å². The molecular weight excluding hydrogens is 270 g/mol. The third kappa shape index (κ3) is 3.04. The van der Waals surface area contributed by atoms with Crippen molar-refractivity contribution < 1.29 is 4.79 Å². The van der Waals surface area contributed by atoms with Crippen LogP contribution in [0.25, 0.3) is 0 Å². The van der Waals surface area contributed by atoms with Crippen LogP contribution in [0.5, 0.6) is 0 Å². The quantitative estimate of drug-likeness (QED) is 0.897. The van der Waals surface area contributed by atoms with Crippen LogP contribution in [-0.2, 0) is 17.6 Å². The summed E-state index contributed by atoms with van der Waals surface area (Å²) in [7, 11) is 0. The maximum absolute atomic E-state index is 12.1. The van der Waals surface area contributed by atoms with E-state index in [4.69, 9.17) is 0 Å². The molecule has 110 valence electrons. The standard InChI is InChI=1S/C15H23N3OS/c1-2-3-10-4-5-12-13(8-10)20-15(17-12)18-14(19)11-6-7-16-9-11/h10-11,16H,2-9H2,1H3,(H,17,18,19). The van der Waals surface area contributed by atoms with Gasteiger partial charge in [0, 0.05) is 11.4 Å². The molecule has 5 heteroatoms. The van der Waals surface area contributed by atoms with Crippen LogP contribution in [-0.4, -0.2) is 24.0 Å². The van der Waals surface area contributed by atoms with Crippen molar-refractivity contribution in [1.29, 1.82) is 0 Å². The molecule has 0 bridgehead atoms. The van der Waals surface area contributed by atoms with Gasteiger partial charge in [-0.05, 0) is 38.1 Å². The average Bonchev–Trinajstić information content (AvgIpc) is 3.06. The molecule has 1 aromatic rings. The van der Waals surface area contributed by atoms with Crippen LogP contribution < -0.4 is 10.6 Å². The molecule has 2 atom stereocenters. The van der Waals surface area contributed by atoms with Crippen LogP contribution in [0.1, 0.15) is 43.2 Å². The molecular formula is C15H23N3OS. The number of nitrogens with zero attached hydrogens (tertiary/aromatic N) is 1. The zero-order valence-electron chi connectivity index (χ0n) is 12.1. The highest BCUT2D eigenvalue weighted by molar-refractivity contribution is 7.15. The predicted molar refractivity (Wildman–Crippen MR) is 82.1 cm³/mol. The Morgan fingerprint density at radius 2 is 2.40 bits per heavy atom. The first kappa shape index (κ1) is 14.0. The highest BCUT2D eigenvalue weighted by atomic mass is 32.1. The first-order valence-corrected chi connectivity index (χ1v) is 8.58. The second-order valence-corrected chi connectivity index (χ2v) is 7.05. The maximum atomic E-state index is 12.1. The molecule has 3 rings (SSSR count). The molecule has 1 amide bonds. The fourth-order valence-corrected chi connectivity index (χ4v) is 4.36. The van der Waals surface area contributed by atoms with E-state index in [1.165, 1.54) is 29.8 Å². The Bertz CT molecular complexity index is 479. The summed E-state index contributed by atoms with van der Waals surface area (Å²) < 4.78 is 0. The topological polar surface area (TPSA) is 54.0 Å². The van der Waals surface area contributed by atoms with Crippen LogP contribution in [0.4, 0.5) is 5.13 Å². The lowest BCUT2D eigenvalue weighted by molar-refractivity contribution is -0.119. The monoisotopic (exact) mass is 293 g/mol. The number of hydrogen-bond donors (Lipinski definition) is 2. The molecule has 0 aromatic carbocycles. The van der Waals surface area contributed by atoms with E-state index in [-0.39, 0.29) is 11.8 Å². The lowest BCUT2D eigenvalue weighted by atomic mass is 9.88. The van der Waals surface area contributed by atoms with Gasteiger partial charge < -0.3 is 10.6 Å². The Hall–Kier alpha value is -0.940. The lowest BCUT2D eigenvalue weighted by Crippen LogP contribution is -2.24. The third-order valence-electron chi connectivity index (χ3n) is 4.40. The van der Waals surface area contributed by atoms with Crippen LogP contribution in [0.2, 0.25) is 0 Å². The van der Waals surface area contributed by atoms with Gasteiger partial charge in [-0.15, -0.1) is 11.3 Å². The van der Waals surface area contributed by atoms with Gasteiger partial charge in [-0.25, -0.2) is 4.98 Å². The van der Waals surface area contributed by atoms with Gasteiger partial charge >= 0.3 is 0 Å². The first-order chi connectivity index (χ1) is 9.76. The molecule has 1 saturated heterocycles. The molecule has 20 heavy (non-hydrogen) atoms. The van der Waals surface area contributed by atoms with Crippen LogP contribution >= 0.6 is 11.3 Å². The number of hydrogen-bond acceptors (Lipinski definition) is 4. The summed E-state index contributed by atoms with van der Waals surface area (Å²) in [5, 5.41) is 7.06. The minimum Gasteiger partial charge on any atom is -0.316 e. The Morgan fingerprint density at radius 1 is 1.50 bits per heavy atom. The second kappa shape index (κ2) is 6.22. The summed E-state index contributed by atoms with van der Waals surface area (Å²) in [6.07, 6.45) is 7.00. The van der Waals surface area contributed by atoms with E-state index in [0.29, 0.717) is 0 Å². The zero-order chi connectivity index (χ0) is 13.9. The number of nitrogens with one attached hydrogen (secondary N) is 2.